The lowest BCUT2D eigenvalue weighted by molar-refractivity contribution is -0.131. The first-order chi connectivity index (χ1) is 15.7. The lowest BCUT2D eigenvalue weighted by Crippen LogP contribution is -2.43. The Balaban J connectivity index is 1.51. The summed E-state index contributed by atoms with van der Waals surface area (Å²) >= 11 is 0. The monoisotopic (exact) mass is 447 g/mol. The highest BCUT2D eigenvalue weighted by Crippen LogP contribution is 2.29. The van der Waals surface area contributed by atoms with E-state index in [1.54, 1.807) is 11.1 Å². The topological polar surface area (TPSA) is 99.8 Å². The van der Waals surface area contributed by atoms with E-state index < -0.39 is 5.54 Å². The number of allylic oxidation sites excluding steroid dienone is 1. The van der Waals surface area contributed by atoms with Crippen molar-refractivity contribution in [1.82, 2.24) is 15.5 Å². The SMILES string of the molecule is C/C(=C\NC(=O)NCc1ccc(CN2C(=O)C(C)(CC(C)C)N=C2N)cc1)c1ccccc1. The number of nitrogens with one attached hydrogen (secondary N) is 2. The minimum absolute atomic E-state index is 0.0602. The van der Waals surface area contributed by atoms with Crippen LogP contribution in [0.4, 0.5) is 4.79 Å². The van der Waals surface area contributed by atoms with Gasteiger partial charge < -0.3 is 16.4 Å². The molecule has 0 bridgehead atoms. The summed E-state index contributed by atoms with van der Waals surface area (Å²) < 4.78 is 0. The number of rotatable bonds is 8. The molecular formula is C26H33N5O2. The van der Waals surface area contributed by atoms with Crippen molar-refractivity contribution >= 4 is 23.5 Å². The Morgan fingerprint density at radius 2 is 1.76 bits per heavy atom. The fourth-order valence-electron chi connectivity index (χ4n) is 3.97. The van der Waals surface area contributed by atoms with Crippen LogP contribution in [0, 0.1) is 5.92 Å². The number of aliphatic imine (C=N–C) groups is 1. The van der Waals surface area contributed by atoms with Crippen LogP contribution in [0.2, 0.25) is 0 Å². The Bertz CT molecular complexity index is 1040. The smallest absolute Gasteiger partial charge is 0.319 e. The van der Waals surface area contributed by atoms with Crippen molar-refractivity contribution in [3.63, 3.8) is 0 Å². The second-order valence-corrected chi connectivity index (χ2v) is 9.07. The molecule has 0 saturated carbocycles. The first-order valence-electron chi connectivity index (χ1n) is 11.2. The van der Waals surface area contributed by atoms with Crippen molar-refractivity contribution in [3.05, 3.63) is 77.5 Å². The van der Waals surface area contributed by atoms with Gasteiger partial charge in [0.05, 0.1) is 6.54 Å². The van der Waals surface area contributed by atoms with E-state index in [0.29, 0.717) is 25.4 Å². The van der Waals surface area contributed by atoms with Crippen LogP contribution >= 0.6 is 0 Å². The van der Waals surface area contributed by atoms with Gasteiger partial charge in [-0.2, -0.15) is 0 Å². The zero-order valence-corrected chi connectivity index (χ0v) is 19.8. The minimum Gasteiger partial charge on any atom is -0.369 e. The highest BCUT2D eigenvalue weighted by Gasteiger charge is 2.43. The molecule has 0 aliphatic carbocycles. The van der Waals surface area contributed by atoms with Crippen LogP contribution in [0.15, 0.2) is 65.8 Å². The second-order valence-electron chi connectivity index (χ2n) is 9.07. The molecule has 1 aliphatic heterocycles. The second kappa shape index (κ2) is 10.3. The number of carbonyl (C=O) groups excluding carboxylic acids is 2. The van der Waals surface area contributed by atoms with Crippen LogP contribution in [-0.2, 0) is 17.9 Å². The van der Waals surface area contributed by atoms with Crippen molar-refractivity contribution in [1.29, 1.82) is 0 Å². The maximum absolute atomic E-state index is 12.9. The molecule has 0 fully saturated rings. The molecule has 2 aromatic rings. The van der Waals surface area contributed by atoms with Crippen LogP contribution in [0.3, 0.4) is 0 Å². The van der Waals surface area contributed by atoms with Gasteiger partial charge in [0, 0.05) is 12.7 Å². The van der Waals surface area contributed by atoms with E-state index >= 15 is 0 Å². The number of benzene rings is 2. The Kier molecular flexibility index (Phi) is 7.53. The Morgan fingerprint density at radius 3 is 2.39 bits per heavy atom. The molecule has 0 radical (unpaired) electrons. The molecule has 174 valence electrons. The van der Waals surface area contributed by atoms with E-state index in [-0.39, 0.29) is 17.9 Å². The average Bonchev–Trinajstić information content (AvgIpc) is 2.99. The molecule has 1 aliphatic rings. The third-order valence-corrected chi connectivity index (χ3v) is 5.62. The molecule has 1 heterocycles. The van der Waals surface area contributed by atoms with E-state index in [2.05, 4.69) is 29.5 Å². The van der Waals surface area contributed by atoms with Crippen molar-refractivity contribution < 1.29 is 9.59 Å². The average molecular weight is 448 g/mol. The minimum atomic E-state index is -0.789. The number of amides is 3. The van der Waals surface area contributed by atoms with Crippen molar-refractivity contribution in [2.75, 3.05) is 0 Å². The number of guanidine groups is 1. The summed E-state index contributed by atoms with van der Waals surface area (Å²) in [6.07, 6.45) is 2.36. The van der Waals surface area contributed by atoms with Gasteiger partial charge >= 0.3 is 6.03 Å². The Labute approximate surface area is 195 Å². The van der Waals surface area contributed by atoms with E-state index in [1.165, 1.54) is 0 Å². The van der Waals surface area contributed by atoms with Crippen molar-refractivity contribution in [2.45, 2.75) is 52.7 Å². The number of urea groups is 1. The van der Waals surface area contributed by atoms with Gasteiger partial charge in [-0.1, -0.05) is 68.4 Å². The molecule has 3 rings (SSSR count). The molecule has 0 saturated heterocycles. The normalized spacial score (nSPS) is 18.5. The fourth-order valence-corrected chi connectivity index (χ4v) is 3.97. The van der Waals surface area contributed by atoms with Crippen LogP contribution in [-0.4, -0.2) is 28.3 Å². The largest absolute Gasteiger partial charge is 0.369 e. The Morgan fingerprint density at radius 1 is 1.12 bits per heavy atom. The lowest BCUT2D eigenvalue weighted by atomic mass is 9.91. The van der Waals surface area contributed by atoms with E-state index in [0.717, 1.165) is 22.3 Å². The molecule has 1 atom stereocenters. The van der Waals surface area contributed by atoms with Crippen molar-refractivity contribution in [2.24, 2.45) is 16.6 Å². The zero-order valence-electron chi connectivity index (χ0n) is 19.8. The molecule has 4 N–H and O–H groups in total. The number of hydrogen-bond donors (Lipinski definition) is 3. The summed E-state index contributed by atoms with van der Waals surface area (Å²) in [4.78, 5) is 31.0. The quantitative estimate of drug-likeness (QED) is 0.570. The summed E-state index contributed by atoms with van der Waals surface area (Å²) in [6, 6.07) is 17.3. The van der Waals surface area contributed by atoms with Gasteiger partial charge in [-0.05, 0) is 48.4 Å². The van der Waals surface area contributed by atoms with E-state index in [4.69, 9.17) is 5.73 Å². The fraction of sp³-hybridized carbons (Fsp3) is 0.346. The highest BCUT2D eigenvalue weighted by atomic mass is 16.2. The van der Waals surface area contributed by atoms with Gasteiger partial charge in [-0.15, -0.1) is 0 Å². The van der Waals surface area contributed by atoms with Gasteiger partial charge in [0.25, 0.3) is 5.91 Å². The standard InChI is InChI=1S/C26H33N5O2/c1-18(2)14-26(4)23(32)31(24(27)30-26)17-21-12-10-20(11-13-21)16-29-25(33)28-15-19(3)22-8-6-5-7-9-22/h5-13,15,18H,14,16-17H2,1-4H3,(H2,27,30)(H2,28,29,33)/b19-15+. The molecular weight excluding hydrogens is 414 g/mol. The molecule has 2 aromatic carbocycles. The van der Waals surface area contributed by atoms with Crippen LogP contribution in [0.25, 0.3) is 5.57 Å². The first kappa shape index (κ1) is 24.0. The lowest BCUT2D eigenvalue weighted by Gasteiger charge is -2.23. The maximum atomic E-state index is 12.9. The number of hydrogen-bond acceptors (Lipinski definition) is 4. The molecule has 0 aromatic heterocycles. The van der Waals surface area contributed by atoms with Gasteiger partial charge in [-0.3, -0.25) is 9.69 Å². The molecule has 0 spiro atoms. The van der Waals surface area contributed by atoms with Crippen LogP contribution in [0.1, 0.15) is 50.8 Å². The first-order valence-corrected chi connectivity index (χ1v) is 11.2. The summed E-state index contributed by atoms with van der Waals surface area (Å²) in [5, 5.41) is 5.60. The van der Waals surface area contributed by atoms with Gasteiger partial charge in [0.2, 0.25) is 0 Å². The Hall–Kier alpha value is -3.61. The molecule has 7 heteroatoms. The molecule has 33 heavy (non-hydrogen) atoms. The van der Waals surface area contributed by atoms with Crippen LogP contribution < -0.4 is 16.4 Å². The molecule has 1 unspecified atom stereocenters. The number of nitrogens with zero attached hydrogens (tertiary/aromatic N) is 2. The van der Waals surface area contributed by atoms with Gasteiger partial charge in [0.15, 0.2) is 5.96 Å². The predicted octanol–water partition coefficient (Wildman–Crippen LogP) is 4.01. The highest BCUT2D eigenvalue weighted by molar-refractivity contribution is 6.06. The van der Waals surface area contributed by atoms with Crippen LogP contribution in [0.5, 0.6) is 0 Å². The van der Waals surface area contributed by atoms with Crippen molar-refractivity contribution in [3.8, 4) is 0 Å². The van der Waals surface area contributed by atoms with E-state index in [1.807, 2.05) is 68.4 Å². The maximum Gasteiger partial charge on any atom is 0.319 e. The molecule has 7 nitrogen and oxygen atoms in total. The van der Waals surface area contributed by atoms with Gasteiger partial charge in [-0.25, -0.2) is 9.79 Å². The summed E-state index contributed by atoms with van der Waals surface area (Å²) in [5.74, 6) is 0.552. The summed E-state index contributed by atoms with van der Waals surface area (Å²) in [7, 11) is 0. The third-order valence-electron chi connectivity index (χ3n) is 5.62. The molecule has 3 amide bonds. The van der Waals surface area contributed by atoms with E-state index in [9.17, 15) is 9.59 Å². The zero-order chi connectivity index (χ0) is 24.0. The third kappa shape index (κ3) is 6.22. The number of carbonyl (C=O) groups is 2. The van der Waals surface area contributed by atoms with Gasteiger partial charge in [0.1, 0.15) is 5.54 Å². The number of nitrogens with two attached hydrogens (primary N) is 1. The summed E-state index contributed by atoms with van der Waals surface area (Å²) in [6.45, 7) is 8.70. The summed E-state index contributed by atoms with van der Waals surface area (Å²) in [5.41, 5.74) is 9.20. The predicted molar refractivity (Wildman–Crippen MR) is 132 cm³/mol.